The molecule has 0 spiro atoms. The number of aliphatic hydroxyl groups excluding tert-OH is 1. The number of methoxy groups -OCH3 is 1. The molecule has 3 aromatic carbocycles. The highest BCUT2D eigenvalue weighted by Gasteiger charge is 2.46. The lowest BCUT2D eigenvalue weighted by Gasteiger charge is -2.25. The first-order chi connectivity index (χ1) is 17.0. The van der Waals surface area contributed by atoms with Crippen molar-refractivity contribution >= 4 is 28.4 Å². The monoisotopic (exact) mass is 466 g/mol. The van der Waals surface area contributed by atoms with Crippen molar-refractivity contribution in [3.8, 4) is 5.75 Å². The van der Waals surface area contributed by atoms with E-state index < -0.39 is 17.7 Å². The Morgan fingerprint density at radius 2 is 1.80 bits per heavy atom. The van der Waals surface area contributed by atoms with E-state index in [4.69, 9.17) is 4.74 Å². The minimum absolute atomic E-state index is 0.0889. The van der Waals surface area contributed by atoms with Crippen molar-refractivity contribution in [3.05, 3.63) is 107 Å². The standard InChI is InChI=1S/C29H26N2O4/c1-18-10-12-19(13-11-18)27(32)25-26(20-6-5-7-22(16-20)35-2)31(29(34)28(25)33)15-14-21-17-30-24-9-4-3-8-23(21)24/h3-13,16-17,26,30,32H,14-15H2,1-2H3. The number of likely N-dealkylation sites (tertiary alicyclic amines) is 1. The van der Waals surface area contributed by atoms with E-state index in [0.717, 1.165) is 22.0 Å². The predicted octanol–water partition coefficient (Wildman–Crippen LogP) is 5.15. The predicted molar refractivity (Wildman–Crippen MR) is 135 cm³/mol. The van der Waals surface area contributed by atoms with Crippen LogP contribution in [0.3, 0.4) is 0 Å². The van der Waals surface area contributed by atoms with Crippen LogP contribution in [0.25, 0.3) is 16.7 Å². The number of aryl methyl sites for hydroxylation is 1. The molecule has 0 saturated carbocycles. The third-order valence-electron chi connectivity index (χ3n) is 6.57. The summed E-state index contributed by atoms with van der Waals surface area (Å²) in [6.07, 6.45) is 2.50. The van der Waals surface area contributed by atoms with Crippen LogP contribution in [-0.4, -0.2) is 40.3 Å². The molecule has 5 rings (SSSR count). The molecule has 6 heteroatoms. The number of benzene rings is 3. The van der Waals surface area contributed by atoms with Gasteiger partial charge in [0, 0.05) is 29.2 Å². The molecule has 176 valence electrons. The Morgan fingerprint density at radius 1 is 1.03 bits per heavy atom. The number of amides is 1. The highest BCUT2D eigenvalue weighted by Crippen LogP contribution is 2.40. The Kier molecular flexibility index (Phi) is 5.87. The lowest BCUT2D eigenvalue weighted by molar-refractivity contribution is -0.139. The molecule has 0 aliphatic carbocycles. The van der Waals surface area contributed by atoms with Gasteiger partial charge in [0.25, 0.3) is 11.7 Å². The van der Waals surface area contributed by atoms with Crippen LogP contribution in [0, 0.1) is 6.92 Å². The number of carbonyl (C=O) groups excluding carboxylic acids is 2. The Labute approximate surface area is 203 Å². The number of Topliss-reactive ketones (excluding diaryl/α,β-unsaturated/α-hetero) is 1. The maximum absolute atomic E-state index is 13.3. The van der Waals surface area contributed by atoms with Gasteiger partial charge in [-0.2, -0.15) is 0 Å². The van der Waals surface area contributed by atoms with E-state index in [-0.39, 0.29) is 11.3 Å². The molecule has 1 fully saturated rings. The number of nitrogens with one attached hydrogen (secondary N) is 1. The summed E-state index contributed by atoms with van der Waals surface area (Å²) in [6, 6.07) is 21.8. The lowest BCUT2D eigenvalue weighted by atomic mass is 9.94. The van der Waals surface area contributed by atoms with Gasteiger partial charge in [0.1, 0.15) is 11.5 Å². The molecule has 0 bridgehead atoms. The van der Waals surface area contributed by atoms with Crippen molar-refractivity contribution in [1.82, 2.24) is 9.88 Å². The number of hydrogen-bond donors (Lipinski definition) is 2. The Hall–Kier alpha value is -4.32. The van der Waals surface area contributed by atoms with Crippen molar-refractivity contribution < 1.29 is 19.4 Å². The SMILES string of the molecule is COc1cccc(C2C(=C(O)c3ccc(C)cc3)C(=O)C(=O)N2CCc2c[nH]c3ccccc23)c1. The molecule has 4 aromatic rings. The molecule has 35 heavy (non-hydrogen) atoms. The number of ether oxygens (including phenoxy) is 1. The van der Waals surface area contributed by atoms with Gasteiger partial charge in [-0.25, -0.2) is 0 Å². The fraction of sp³-hybridized carbons (Fsp3) is 0.172. The summed E-state index contributed by atoms with van der Waals surface area (Å²) in [5, 5.41) is 12.3. The summed E-state index contributed by atoms with van der Waals surface area (Å²) in [5.74, 6) is -0.869. The van der Waals surface area contributed by atoms with E-state index in [1.165, 1.54) is 0 Å². The molecule has 6 nitrogen and oxygen atoms in total. The largest absolute Gasteiger partial charge is 0.507 e. The van der Waals surface area contributed by atoms with Crippen LogP contribution in [0.2, 0.25) is 0 Å². The first-order valence-corrected chi connectivity index (χ1v) is 11.5. The first kappa shape index (κ1) is 22.5. The van der Waals surface area contributed by atoms with Gasteiger partial charge in [0.2, 0.25) is 0 Å². The van der Waals surface area contributed by atoms with Crippen LogP contribution in [0.1, 0.15) is 28.3 Å². The van der Waals surface area contributed by atoms with Gasteiger partial charge in [0.15, 0.2) is 0 Å². The molecular formula is C29H26N2O4. The average Bonchev–Trinajstić information content (AvgIpc) is 3.41. The van der Waals surface area contributed by atoms with Crippen LogP contribution in [0.5, 0.6) is 5.75 Å². The van der Waals surface area contributed by atoms with Crippen LogP contribution in [0.15, 0.2) is 84.6 Å². The van der Waals surface area contributed by atoms with Crippen molar-refractivity contribution in [3.63, 3.8) is 0 Å². The van der Waals surface area contributed by atoms with E-state index in [0.29, 0.717) is 29.8 Å². The van der Waals surface area contributed by atoms with Gasteiger partial charge < -0.3 is 19.7 Å². The summed E-state index contributed by atoms with van der Waals surface area (Å²) in [5.41, 5.74) is 4.41. The molecule has 1 aromatic heterocycles. The molecular weight excluding hydrogens is 440 g/mol. The zero-order chi connectivity index (χ0) is 24.5. The minimum atomic E-state index is -0.725. The highest BCUT2D eigenvalue weighted by atomic mass is 16.5. The minimum Gasteiger partial charge on any atom is -0.507 e. The number of aliphatic hydroxyl groups is 1. The summed E-state index contributed by atoms with van der Waals surface area (Å²) in [4.78, 5) is 31.3. The van der Waals surface area contributed by atoms with Crippen molar-refractivity contribution in [2.45, 2.75) is 19.4 Å². The smallest absolute Gasteiger partial charge is 0.295 e. The topological polar surface area (TPSA) is 82.6 Å². The fourth-order valence-electron chi connectivity index (χ4n) is 4.72. The zero-order valence-corrected chi connectivity index (χ0v) is 19.6. The van der Waals surface area contributed by atoms with E-state index in [1.807, 2.05) is 67.7 Å². The maximum atomic E-state index is 13.3. The van der Waals surface area contributed by atoms with Gasteiger partial charge in [-0.3, -0.25) is 9.59 Å². The molecule has 1 atom stereocenters. The number of H-pyrrole nitrogens is 1. The number of aromatic nitrogens is 1. The molecule has 1 unspecified atom stereocenters. The fourth-order valence-corrected chi connectivity index (χ4v) is 4.72. The second kappa shape index (κ2) is 9.14. The second-order valence-electron chi connectivity index (χ2n) is 8.74. The van der Waals surface area contributed by atoms with Crippen molar-refractivity contribution in [2.75, 3.05) is 13.7 Å². The number of aromatic amines is 1. The van der Waals surface area contributed by atoms with Crippen LogP contribution >= 0.6 is 0 Å². The third kappa shape index (κ3) is 4.08. The Balaban J connectivity index is 1.58. The third-order valence-corrected chi connectivity index (χ3v) is 6.57. The Bertz CT molecular complexity index is 1450. The van der Waals surface area contributed by atoms with E-state index in [9.17, 15) is 14.7 Å². The zero-order valence-electron chi connectivity index (χ0n) is 19.6. The number of fused-ring (bicyclic) bond motifs is 1. The van der Waals surface area contributed by atoms with Gasteiger partial charge in [-0.05, 0) is 42.7 Å². The summed E-state index contributed by atoms with van der Waals surface area (Å²) < 4.78 is 5.39. The molecule has 0 radical (unpaired) electrons. The molecule has 1 aliphatic rings. The van der Waals surface area contributed by atoms with Gasteiger partial charge in [-0.1, -0.05) is 60.2 Å². The molecule has 1 aliphatic heterocycles. The maximum Gasteiger partial charge on any atom is 0.295 e. The van der Waals surface area contributed by atoms with Gasteiger partial charge >= 0.3 is 0 Å². The number of rotatable bonds is 6. The van der Waals surface area contributed by atoms with Gasteiger partial charge in [0.05, 0.1) is 18.7 Å². The summed E-state index contributed by atoms with van der Waals surface area (Å²) in [6.45, 7) is 2.27. The molecule has 1 amide bonds. The summed E-state index contributed by atoms with van der Waals surface area (Å²) in [7, 11) is 1.57. The second-order valence-corrected chi connectivity index (χ2v) is 8.74. The Morgan fingerprint density at radius 3 is 2.57 bits per heavy atom. The average molecular weight is 467 g/mol. The summed E-state index contributed by atoms with van der Waals surface area (Å²) >= 11 is 0. The number of nitrogens with zero attached hydrogens (tertiary/aromatic N) is 1. The number of ketones is 1. The number of para-hydroxylation sites is 1. The van der Waals surface area contributed by atoms with Gasteiger partial charge in [-0.15, -0.1) is 0 Å². The molecule has 2 N–H and O–H groups in total. The van der Waals surface area contributed by atoms with Crippen molar-refractivity contribution in [2.24, 2.45) is 0 Å². The van der Waals surface area contributed by atoms with Crippen LogP contribution < -0.4 is 4.74 Å². The van der Waals surface area contributed by atoms with Crippen molar-refractivity contribution in [1.29, 1.82) is 0 Å². The van der Waals surface area contributed by atoms with E-state index in [2.05, 4.69) is 4.98 Å². The number of carbonyl (C=O) groups is 2. The number of hydrogen-bond acceptors (Lipinski definition) is 4. The van der Waals surface area contributed by atoms with E-state index in [1.54, 1.807) is 30.2 Å². The molecule has 1 saturated heterocycles. The first-order valence-electron chi connectivity index (χ1n) is 11.5. The molecule has 2 heterocycles. The highest BCUT2D eigenvalue weighted by molar-refractivity contribution is 6.46. The lowest BCUT2D eigenvalue weighted by Crippen LogP contribution is -2.31. The van der Waals surface area contributed by atoms with E-state index >= 15 is 0 Å². The van der Waals surface area contributed by atoms with Crippen LogP contribution in [-0.2, 0) is 16.0 Å². The normalized spacial score (nSPS) is 17.3. The van der Waals surface area contributed by atoms with Crippen LogP contribution in [0.4, 0.5) is 0 Å². The quantitative estimate of drug-likeness (QED) is 0.234.